The Morgan fingerprint density at radius 3 is 1.53 bits per heavy atom. The molecule has 2 nitrogen and oxygen atoms in total. The number of rotatable bonds is 2. The zero-order valence-corrected chi connectivity index (χ0v) is 24.9. The van der Waals surface area contributed by atoms with Gasteiger partial charge in [0, 0.05) is 0 Å². The maximum Gasteiger partial charge on any atom is 0.358 e. The van der Waals surface area contributed by atoms with E-state index in [0.29, 0.717) is 5.67 Å². The highest BCUT2D eigenvalue weighted by atomic mass is 28.5. The molecular weight excluding hydrogens is 420 g/mol. The van der Waals surface area contributed by atoms with Gasteiger partial charge in [-0.25, -0.2) is 0 Å². The molecule has 30 heavy (non-hydrogen) atoms. The van der Waals surface area contributed by atoms with Crippen molar-refractivity contribution < 1.29 is 4.11 Å². The van der Waals surface area contributed by atoms with Crippen molar-refractivity contribution >= 4 is 30.2 Å². The molecule has 0 bridgehead atoms. The van der Waals surface area contributed by atoms with Gasteiger partial charge in [0.05, 0.1) is 0 Å². The van der Waals surface area contributed by atoms with Crippen LogP contribution in [0, 0.1) is 0 Å². The first kappa shape index (κ1) is 26.0. The summed E-state index contributed by atoms with van der Waals surface area (Å²) in [6.45, 7) is 30.5. The third-order valence-electron chi connectivity index (χ3n) is 8.30. The standard InChI is InChI=1S/C24H47FN2Si3/c1-21(2,3)28(13,22(4,5)6)27-26-30(23(7,8)9,24(10,11)12)19-29(27,25)20-17-15-14-16-18-20/h14-18,26H,19H2,1-13H3. The predicted molar refractivity (Wildman–Crippen MR) is 139 cm³/mol. The molecule has 1 heterocycles. The van der Waals surface area contributed by atoms with E-state index >= 15 is 4.11 Å². The Balaban J connectivity index is 2.91. The molecule has 1 N–H and O–H groups in total. The van der Waals surface area contributed by atoms with E-state index in [0.717, 1.165) is 5.19 Å². The summed E-state index contributed by atoms with van der Waals surface area (Å²) in [6, 6.07) is 10.2. The van der Waals surface area contributed by atoms with Crippen LogP contribution in [0.3, 0.4) is 0 Å². The summed E-state index contributed by atoms with van der Waals surface area (Å²) in [5.41, 5.74) is 0.714. The van der Waals surface area contributed by atoms with Gasteiger partial charge in [0.2, 0.25) is 0 Å². The smallest absolute Gasteiger partial charge is 0.286 e. The second kappa shape index (κ2) is 7.37. The van der Waals surface area contributed by atoms with E-state index in [-0.39, 0.29) is 20.2 Å². The number of hydrogen-bond acceptors (Lipinski definition) is 2. The molecule has 0 radical (unpaired) electrons. The van der Waals surface area contributed by atoms with E-state index in [1.165, 1.54) is 0 Å². The minimum atomic E-state index is -3.46. The van der Waals surface area contributed by atoms with Gasteiger partial charge in [0.25, 0.3) is 0 Å². The Labute approximate surface area is 189 Å². The van der Waals surface area contributed by atoms with E-state index < -0.39 is 25.0 Å². The largest absolute Gasteiger partial charge is 0.358 e. The fourth-order valence-electron chi connectivity index (χ4n) is 5.93. The third-order valence-corrected chi connectivity index (χ3v) is 29.8. The van der Waals surface area contributed by atoms with Gasteiger partial charge in [-0.15, -0.1) is 0 Å². The number of halogens is 1. The SMILES string of the molecule is CC(C)(C)[Si]1(C(C)(C)C)C[Si](F)(c2ccccc2)N([Si](C)(C(C)(C)C)C(C)(C)C)N1. The average molecular weight is 467 g/mol. The van der Waals surface area contributed by atoms with E-state index in [1.54, 1.807) is 0 Å². The first-order chi connectivity index (χ1) is 13.2. The number of hydrogen-bond donors (Lipinski definition) is 1. The fourth-order valence-corrected chi connectivity index (χ4v) is 31.3. The average Bonchev–Trinajstić information content (AvgIpc) is 2.89. The Hall–Kier alpha value is -0.279. The zero-order chi connectivity index (χ0) is 23.6. The summed E-state index contributed by atoms with van der Waals surface area (Å²) < 4.78 is 20.3. The number of nitrogens with one attached hydrogen (secondary N) is 1. The predicted octanol–water partition coefficient (Wildman–Crippen LogP) is 7.39. The fraction of sp³-hybridized carbons (Fsp3) is 0.750. The molecule has 0 aromatic heterocycles. The van der Waals surface area contributed by atoms with Gasteiger partial charge in [-0.3, -0.25) is 13.5 Å². The molecule has 0 amide bonds. The van der Waals surface area contributed by atoms with Crippen molar-refractivity contribution in [2.45, 2.75) is 115 Å². The molecule has 6 heteroatoms. The summed E-state index contributed by atoms with van der Waals surface area (Å²) in [5.74, 6) is 0. The van der Waals surface area contributed by atoms with E-state index in [1.807, 2.05) is 18.2 Å². The second-order valence-corrected chi connectivity index (χ2v) is 28.8. The molecule has 1 aliphatic rings. The van der Waals surface area contributed by atoms with Gasteiger partial charge >= 0.3 is 8.57 Å². The Kier molecular flexibility index (Phi) is 6.38. The summed E-state index contributed by atoms with van der Waals surface area (Å²) in [5, 5.41) is 5.23. The molecule has 1 saturated heterocycles. The minimum absolute atomic E-state index is 0.0254. The van der Waals surface area contributed by atoms with Crippen molar-refractivity contribution in [2.24, 2.45) is 0 Å². The van der Waals surface area contributed by atoms with Gasteiger partial charge in [0.1, 0.15) is 8.24 Å². The number of hydrazine groups is 1. The quantitative estimate of drug-likeness (QED) is 0.361. The highest BCUT2D eigenvalue weighted by Gasteiger charge is 2.72. The lowest BCUT2D eigenvalue weighted by Gasteiger charge is -2.58. The van der Waals surface area contributed by atoms with Crippen LogP contribution in [0.25, 0.3) is 0 Å². The van der Waals surface area contributed by atoms with Crippen LogP contribution in [0.1, 0.15) is 83.1 Å². The van der Waals surface area contributed by atoms with Crippen LogP contribution in [0.2, 0.25) is 32.4 Å². The molecule has 1 unspecified atom stereocenters. The van der Waals surface area contributed by atoms with Crippen LogP contribution < -0.4 is 10.3 Å². The zero-order valence-electron chi connectivity index (χ0n) is 21.9. The lowest BCUT2D eigenvalue weighted by Crippen LogP contribution is -2.76. The van der Waals surface area contributed by atoms with Gasteiger partial charge in [-0.1, -0.05) is 120 Å². The first-order valence-electron chi connectivity index (χ1n) is 11.5. The molecule has 1 aromatic rings. The molecule has 1 aromatic carbocycles. The topological polar surface area (TPSA) is 15.3 Å². The Morgan fingerprint density at radius 1 is 0.800 bits per heavy atom. The van der Waals surface area contributed by atoms with Gasteiger partial charge in [-0.2, -0.15) is 0 Å². The normalized spacial score (nSPS) is 24.3. The lowest BCUT2D eigenvalue weighted by molar-refractivity contribution is 0.430. The summed E-state index contributed by atoms with van der Waals surface area (Å²) >= 11 is 0. The van der Waals surface area contributed by atoms with Crippen LogP contribution in [0.4, 0.5) is 4.11 Å². The maximum absolute atomic E-state index is 17.9. The van der Waals surface area contributed by atoms with Gasteiger partial charge in [-0.05, 0) is 31.0 Å². The molecule has 0 spiro atoms. The van der Waals surface area contributed by atoms with E-state index in [2.05, 4.69) is 111 Å². The third kappa shape index (κ3) is 3.74. The second-order valence-electron chi connectivity index (χ2n) is 13.7. The Morgan fingerprint density at radius 2 is 1.20 bits per heavy atom. The molecule has 0 aliphatic carbocycles. The minimum Gasteiger partial charge on any atom is -0.286 e. The summed E-state index contributed by atoms with van der Waals surface area (Å²) in [4.78, 5) is 0. The lowest BCUT2D eigenvalue weighted by atomic mass is 10.2. The van der Waals surface area contributed by atoms with Crippen LogP contribution >= 0.6 is 0 Å². The van der Waals surface area contributed by atoms with Gasteiger partial charge < -0.3 is 0 Å². The Bertz CT molecular complexity index is 726. The van der Waals surface area contributed by atoms with Crippen LogP contribution in [-0.2, 0) is 0 Å². The van der Waals surface area contributed by atoms with E-state index in [9.17, 15) is 0 Å². The number of benzene rings is 1. The molecule has 0 saturated carbocycles. The van der Waals surface area contributed by atoms with Crippen LogP contribution in [0.15, 0.2) is 30.3 Å². The maximum atomic E-state index is 17.9. The summed E-state index contributed by atoms with van der Waals surface area (Å²) in [7, 11) is -8.08. The van der Waals surface area contributed by atoms with Crippen molar-refractivity contribution in [1.29, 1.82) is 0 Å². The number of nitrogens with zero attached hydrogens (tertiary/aromatic N) is 1. The highest BCUT2D eigenvalue weighted by Crippen LogP contribution is 2.61. The van der Waals surface area contributed by atoms with Crippen molar-refractivity contribution in [3.63, 3.8) is 0 Å². The van der Waals surface area contributed by atoms with Crippen molar-refractivity contribution in [1.82, 2.24) is 9.43 Å². The first-order valence-corrected chi connectivity index (χ1v) is 18.2. The monoisotopic (exact) mass is 466 g/mol. The van der Waals surface area contributed by atoms with Gasteiger partial charge in [0.15, 0.2) is 8.24 Å². The van der Waals surface area contributed by atoms with Crippen LogP contribution in [-0.4, -0.2) is 29.4 Å². The van der Waals surface area contributed by atoms with Crippen molar-refractivity contribution in [3.8, 4) is 0 Å². The molecule has 172 valence electrons. The summed E-state index contributed by atoms with van der Waals surface area (Å²) in [6.07, 6.45) is 0. The molecule has 2 rings (SSSR count). The van der Waals surface area contributed by atoms with Crippen molar-refractivity contribution in [2.75, 3.05) is 0 Å². The molecule has 1 atom stereocenters. The van der Waals surface area contributed by atoms with E-state index in [4.69, 9.17) is 0 Å². The molecule has 1 aliphatic heterocycles. The van der Waals surface area contributed by atoms with Crippen molar-refractivity contribution in [3.05, 3.63) is 30.3 Å². The van der Waals surface area contributed by atoms with Crippen LogP contribution in [0.5, 0.6) is 0 Å². The highest BCUT2D eigenvalue weighted by molar-refractivity contribution is 7.09. The molecular formula is C24H47FN2Si3. The molecule has 1 fully saturated rings.